The van der Waals surface area contributed by atoms with Gasteiger partial charge in [-0.2, -0.15) is 0 Å². The van der Waals surface area contributed by atoms with Crippen molar-refractivity contribution in [2.24, 2.45) is 5.73 Å². The van der Waals surface area contributed by atoms with Crippen molar-refractivity contribution < 1.29 is 22.7 Å². The molecule has 124 valence electrons. The Balaban J connectivity index is 2.65. The van der Waals surface area contributed by atoms with Gasteiger partial charge in [-0.25, -0.2) is 4.79 Å². The van der Waals surface area contributed by atoms with Crippen LogP contribution in [-0.2, 0) is 0 Å². The van der Waals surface area contributed by atoms with Crippen LogP contribution in [-0.4, -0.2) is 24.5 Å². The largest absolute Gasteiger partial charge is 0.573 e. The SMILES string of the molecule is CCC(CC)(CN)NC(=O)Nc1ccc(OC(F)(F)F)cc1. The van der Waals surface area contributed by atoms with Gasteiger partial charge in [0.15, 0.2) is 0 Å². The molecular formula is C14H20F3N3O2. The van der Waals surface area contributed by atoms with Crippen molar-refractivity contribution >= 4 is 11.7 Å². The smallest absolute Gasteiger partial charge is 0.406 e. The summed E-state index contributed by atoms with van der Waals surface area (Å²) in [5.74, 6) is -0.350. The molecule has 4 N–H and O–H groups in total. The molecule has 22 heavy (non-hydrogen) atoms. The highest BCUT2D eigenvalue weighted by Crippen LogP contribution is 2.24. The van der Waals surface area contributed by atoms with Crippen LogP contribution in [0, 0.1) is 0 Å². The van der Waals surface area contributed by atoms with E-state index in [1.54, 1.807) is 0 Å². The lowest BCUT2D eigenvalue weighted by atomic mass is 9.93. The molecule has 1 aromatic carbocycles. The topological polar surface area (TPSA) is 76.4 Å². The first-order chi connectivity index (χ1) is 10.2. The molecule has 5 nitrogen and oxygen atoms in total. The minimum absolute atomic E-state index is 0.297. The molecule has 0 spiro atoms. The van der Waals surface area contributed by atoms with Gasteiger partial charge in [0.2, 0.25) is 0 Å². The molecular weight excluding hydrogens is 299 g/mol. The van der Waals surface area contributed by atoms with Gasteiger partial charge in [0.1, 0.15) is 5.75 Å². The van der Waals surface area contributed by atoms with Crippen LogP contribution in [0.1, 0.15) is 26.7 Å². The van der Waals surface area contributed by atoms with E-state index < -0.39 is 17.9 Å². The van der Waals surface area contributed by atoms with E-state index in [0.29, 0.717) is 25.1 Å². The van der Waals surface area contributed by atoms with E-state index >= 15 is 0 Å². The van der Waals surface area contributed by atoms with Crippen LogP contribution in [0.4, 0.5) is 23.7 Å². The van der Waals surface area contributed by atoms with Crippen LogP contribution in [0.2, 0.25) is 0 Å². The Morgan fingerprint density at radius 3 is 2.14 bits per heavy atom. The summed E-state index contributed by atoms with van der Waals surface area (Å²) in [5, 5.41) is 5.34. The lowest BCUT2D eigenvalue weighted by molar-refractivity contribution is -0.274. The fourth-order valence-corrected chi connectivity index (χ4v) is 1.91. The van der Waals surface area contributed by atoms with Gasteiger partial charge in [-0.1, -0.05) is 13.8 Å². The molecule has 1 rings (SSSR count). The maximum absolute atomic E-state index is 12.0. The molecule has 0 aliphatic carbocycles. The van der Waals surface area contributed by atoms with Crippen molar-refractivity contribution in [3.63, 3.8) is 0 Å². The Morgan fingerprint density at radius 2 is 1.73 bits per heavy atom. The molecule has 0 aromatic heterocycles. The zero-order valence-electron chi connectivity index (χ0n) is 12.5. The van der Waals surface area contributed by atoms with Crippen LogP contribution in [0.25, 0.3) is 0 Å². The summed E-state index contributed by atoms with van der Waals surface area (Å²) >= 11 is 0. The third-order valence-electron chi connectivity index (χ3n) is 3.47. The lowest BCUT2D eigenvalue weighted by Gasteiger charge is -2.31. The number of halogens is 3. The molecule has 0 saturated carbocycles. The van der Waals surface area contributed by atoms with Crippen molar-refractivity contribution in [1.82, 2.24) is 5.32 Å². The Kier molecular flexibility index (Phi) is 6.04. The lowest BCUT2D eigenvalue weighted by Crippen LogP contribution is -2.54. The number of urea groups is 1. The molecule has 0 fully saturated rings. The van der Waals surface area contributed by atoms with Crippen molar-refractivity contribution in [3.05, 3.63) is 24.3 Å². The van der Waals surface area contributed by atoms with Crippen LogP contribution >= 0.6 is 0 Å². The van der Waals surface area contributed by atoms with E-state index in [1.165, 1.54) is 12.1 Å². The quantitative estimate of drug-likeness (QED) is 0.753. The number of anilines is 1. The summed E-state index contributed by atoms with van der Waals surface area (Å²) in [6.45, 7) is 4.13. The van der Waals surface area contributed by atoms with Crippen molar-refractivity contribution in [2.75, 3.05) is 11.9 Å². The van der Waals surface area contributed by atoms with Gasteiger partial charge in [0.25, 0.3) is 0 Å². The second-order valence-corrected chi connectivity index (χ2v) is 4.84. The van der Waals surface area contributed by atoms with Gasteiger partial charge in [-0.05, 0) is 37.1 Å². The Hall–Kier alpha value is -1.96. The molecule has 0 bridgehead atoms. The number of ether oxygens (including phenoxy) is 1. The summed E-state index contributed by atoms with van der Waals surface area (Å²) < 4.78 is 39.9. The normalized spacial score (nSPS) is 11.9. The second-order valence-electron chi connectivity index (χ2n) is 4.84. The number of benzene rings is 1. The molecule has 0 aliphatic heterocycles. The van der Waals surface area contributed by atoms with Crippen LogP contribution in [0.3, 0.4) is 0 Å². The monoisotopic (exact) mass is 319 g/mol. The van der Waals surface area contributed by atoms with E-state index in [9.17, 15) is 18.0 Å². The van der Waals surface area contributed by atoms with Crippen LogP contribution < -0.4 is 21.1 Å². The summed E-state index contributed by atoms with van der Waals surface area (Å²) in [7, 11) is 0. The fraction of sp³-hybridized carbons (Fsp3) is 0.500. The first-order valence-corrected chi connectivity index (χ1v) is 6.88. The fourth-order valence-electron chi connectivity index (χ4n) is 1.91. The molecule has 0 heterocycles. The summed E-state index contributed by atoms with van der Waals surface area (Å²) in [5.41, 5.74) is 5.54. The predicted octanol–water partition coefficient (Wildman–Crippen LogP) is 3.22. The third-order valence-corrected chi connectivity index (χ3v) is 3.47. The van der Waals surface area contributed by atoms with E-state index in [4.69, 9.17) is 5.73 Å². The maximum atomic E-state index is 12.0. The van der Waals surface area contributed by atoms with E-state index in [2.05, 4.69) is 15.4 Å². The average Bonchev–Trinajstić information content (AvgIpc) is 2.45. The van der Waals surface area contributed by atoms with Gasteiger partial charge < -0.3 is 21.1 Å². The van der Waals surface area contributed by atoms with Crippen molar-refractivity contribution in [2.45, 2.75) is 38.6 Å². The molecule has 0 unspecified atom stereocenters. The highest BCUT2D eigenvalue weighted by molar-refractivity contribution is 5.89. The van der Waals surface area contributed by atoms with Crippen LogP contribution in [0.5, 0.6) is 5.75 Å². The van der Waals surface area contributed by atoms with Crippen molar-refractivity contribution in [1.29, 1.82) is 0 Å². The first kappa shape index (κ1) is 18.1. The molecule has 0 saturated heterocycles. The number of carbonyl (C=O) groups is 1. The van der Waals surface area contributed by atoms with Gasteiger partial charge >= 0.3 is 12.4 Å². The predicted molar refractivity (Wildman–Crippen MR) is 77.6 cm³/mol. The second kappa shape index (κ2) is 7.35. The number of carbonyl (C=O) groups excluding carboxylic acids is 1. The zero-order chi connectivity index (χ0) is 16.8. The standard InChI is InChI=1S/C14H20F3N3O2/c1-3-13(4-2,9-18)20-12(21)19-10-5-7-11(8-6-10)22-14(15,16)17/h5-8H,3-4,9,18H2,1-2H3,(H2,19,20,21). The molecule has 0 atom stereocenters. The Morgan fingerprint density at radius 1 is 1.18 bits per heavy atom. The number of hydrogen-bond donors (Lipinski definition) is 3. The van der Waals surface area contributed by atoms with Gasteiger partial charge in [-0.15, -0.1) is 13.2 Å². The third kappa shape index (κ3) is 5.44. The molecule has 0 radical (unpaired) electrons. The molecule has 2 amide bonds. The number of hydrogen-bond acceptors (Lipinski definition) is 3. The average molecular weight is 319 g/mol. The number of amides is 2. The van der Waals surface area contributed by atoms with Gasteiger partial charge in [-0.3, -0.25) is 0 Å². The van der Waals surface area contributed by atoms with E-state index in [-0.39, 0.29) is 5.75 Å². The minimum Gasteiger partial charge on any atom is -0.406 e. The number of rotatable bonds is 6. The van der Waals surface area contributed by atoms with Crippen molar-refractivity contribution in [3.8, 4) is 5.75 Å². The Bertz CT molecular complexity index is 477. The van der Waals surface area contributed by atoms with Crippen LogP contribution in [0.15, 0.2) is 24.3 Å². The highest BCUT2D eigenvalue weighted by Gasteiger charge is 2.31. The molecule has 1 aromatic rings. The minimum atomic E-state index is -4.74. The Labute approximate surface area is 127 Å². The van der Waals surface area contributed by atoms with E-state index in [0.717, 1.165) is 12.1 Å². The van der Waals surface area contributed by atoms with Gasteiger partial charge in [0.05, 0.1) is 5.54 Å². The highest BCUT2D eigenvalue weighted by atomic mass is 19.4. The van der Waals surface area contributed by atoms with E-state index in [1.807, 2.05) is 13.8 Å². The molecule has 8 heteroatoms. The summed E-state index contributed by atoms with van der Waals surface area (Å²) in [6, 6.07) is 4.43. The maximum Gasteiger partial charge on any atom is 0.573 e. The number of nitrogens with one attached hydrogen (secondary N) is 2. The zero-order valence-corrected chi connectivity index (χ0v) is 12.5. The number of alkyl halides is 3. The summed E-state index contributed by atoms with van der Waals surface area (Å²) in [6.07, 6.45) is -3.40. The van der Waals surface area contributed by atoms with Gasteiger partial charge in [0, 0.05) is 12.2 Å². The number of nitrogens with two attached hydrogens (primary N) is 1. The first-order valence-electron chi connectivity index (χ1n) is 6.88. The summed E-state index contributed by atoms with van der Waals surface area (Å²) in [4.78, 5) is 11.9. The molecule has 0 aliphatic rings.